The number of nitrogens with zero attached hydrogens (tertiary/aromatic N) is 2. The molecule has 182 valence electrons. The van der Waals surface area contributed by atoms with Gasteiger partial charge in [0.15, 0.2) is 5.96 Å². The summed E-state index contributed by atoms with van der Waals surface area (Å²) in [4.78, 5) is 6.69. The molecule has 0 spiro atoms. The van der Waals surface area contributed by atoms with E-state index in [9.17, 15) is 4.39 Å². The van der Waals surface area contributed by atoms with E-state index in [2.05, 4.69) is 20.5 Å². The van der Waals surface area contributed by atoms with Crippen LogP contribution in [0.5, 0.6) is 17.2 Å². The Hall–Kier alpha value is -2.43. The van der Waals surface area contributed by atoms with Crippen molar-refractivity contribution in [3.8, 4) is 17.2 Å². The van der Waals surface area contributed by atoms with E-state index in [1.807, 2.05) is 18.2 Å². The first-order chi connectivity index (χ1) is 15.6. The minimum atomic E-state index is -0.261. The van der Waals surface area contributed by atoms with Gasteiger partial charge >= 0.3 is 0 Å². The molecule has 1 aliphatic heterocycles. The zero-order chi connectivity index (χ0) is 22.8. The number of benzene rings is 2. The molecule has 9 heteroatoms. The van der Waals surface area contributed by atoms with Crippen LogP contribution >= 0.6 is 24.0 Å². The van der Waals surface area contributed by atoms with Crippen molar-refractivity contribution in [2.45, 2.75) is 25.3 Å². The van der Waals surface area contributed by atoms with E-state index in [-0.39, 0.29) is 29.8 Å². The van der Waals surface area contributed by atoms with Gasteiger partial charge in [-0.3, -0.25) is 4.99 Å². The molecule has 1 saturated heterocycles. The quantitative estimate of drug-likeness (QED) is 0.205. The Morgan fingerprint density at radius 1 is 1.03 bits per heavy atom. The number of methoxy groups -OCH3 is 2. The number of aliphatic imine (C=N–C) groups is 1. The molecule has 3 rings (SSSR count). The number of hydrogen-bond donors (Lipinski definition) is 2. The van der Waals surface area contributed by atoms with Crippen LogP contribution in [0.15, 0.2) is 47.5 Å². The number of piperidine rings is 1. The second-order valence-electron chi connectivity index (χ2n) is 7.63. The fraction of sp³-hybridized carbons (Fsp3) is 0.458. The summed E-state index contributed by atoms with van der Waals surface area (Å²) < 4.78 is 29.3. The van der Waals surface area contributed by atoms with Crippen molar-refractivity contribution in [1.29, 1.82) is 0 Å². The van der Waals surface area contributed by atoms with Crippen LogP contribution < -0.4 is 29.7 Å². The van der Waals surface area contributed by atoms with Gasteiger partial charge in [-0.1, -0.05) is 0 Å². The Balaban J connectivity index is 0.00000385. The highest BCUT2D eigenvalue weighted by atomic mass is 127. The van der Waals surface area contributed by atoms with E-state index in [0.717, 1.165) is 62.0 Å². The van der Waals surface area contributed by atoms with E-state index >= 15 is 0 Å². The zero-order valence-corrected chi connectivity index (χ0v) is 21.8. The molecule has 0 bridgehead atoms. The van der Waals surface area contributed by atoms with Gasteiger partial charge in [-0.15, -0.1) is 24.0 Å². The maximum Gasteiger partial charge on any atom is 0.191 e. The number of hydrogen-bond acceptors (Lipinski definition) is 5. The monoisotopic (exact) mass is 572 g/mol. The third-order valence-electron chi connectivity index (χ3n) is 5.46. The molecule has 0 radical (unpaired) electrons. The van der Waals surface area contributed by atoms with Crippen molar-refractivity contribution in [3.63, 3.8) is 0 Å². The van der Waals surface area contributed by atoms with Crippen molar-refractivity contribution in [2.24, 2.45) is 4.99 Å². The molecule has 2 aromatic carbocycles. The van der Waals surface area contributed by atoms with Crippen LogP contribution in [-0.2, 0) is 0 Å². The molecule has 0 atom stereocenters. The van der Waals surface area contributed by atoms with E-state index in [1.165, 1.54) is 12.1 Å². The SMILES string of the molecule is CN=C(NCCCOc1ccc(F)cc1)NC1CCN(c2cc(OC)cc(OC)c2)CC1.I. The summed E-state index contributed by atoms with van der Waals surface area (Å²) in [5, 5.41) is 6.86. The summed E-state index contributed by atoms with van der Waals surface area (Å²) in [5.74, 6) is 2.81. The minimum absolute atomic E-state index is 0. The first-order valence-corrected chi connectivity index (χ1v) is 10.9. The van der Waals surface area contributed by atoms with Gasteiger partial charge in [0.05, 0.1) is 20.8 Å². The van der Waals surface area contributed by atoms with Gasteiger partial charge in [0.25, 0.3) is 0 Å². The lowest BCUT2D eigenvalue weighted by molar-refractivity contribution is 0.310. The van der Waals surface area contributed by atoms with Crippen LogP contribution in [0.25, 0.3) is 0 Å². The second-order valence-corrected chi connectivity index (χ2v) is 7.63. The number of anilines is 1. The number of rotatable bonds is 9. The van der Waals surface area contributed by atoms with Crippen LogP contribution in [0.2, 0.25) is 0 Å². The van der Waals surface area contributed by atoms with Gasteiger partial charge in [0.1, 0.15) is 23.1 Å². The highest BCUT2D eigenvalue weighted by Gasteiger charge is 2.21. The Labute approximate surface area is 212 Å². The van der Waals surface area contributed by atoms with Gasteiger partial charge < -0.3 is 29.7 Å². The molecule has 1 aliphatic rings. The Bertz CT molecular complexity index is 852. The van der Waals surface area contributed by atoms with Gasteiger partial charge in [0, 0.05) is 56.6 Å². The Morgan fingerprint density at radius 3 is 2.24 bits per heavy atom. The smallest absolute Gasteiger partial charge is 0.191 e. The van der Waals surface area contributed by atoms with Gasteiger partial charge in [-0.05, 0) is 43.5 Å². The van der Waals surface area contributed by atoms with Crippen LogP contribution in [-0.4, -0.2) is 59.5 Å². The number of halogens is 2. The van der Waals surface area contributed by atoms with Crippen molar-refractivity contribution in [3.05, 3.63) is 48.3 Å². The van der Waals surface area contributed by atoms with E-state index in [4.69, 9.17) is 14.2 Å². The van der Waals surface area contributed by atoms with Crippen LogP contribution in [0.3, 0.4) is 0 Å². The molecule has 2 aromatic rings. The normalized spacial score (nSPS) is 14.3. The van der Waals surface area contributed by atoms with Crippen LogP contribution in [0, 0.1) is 5.82 Å². The van der Waals surface area contributed by atoms with Crippen molar-refractivity contribution >= 4 is 35.6 Å². The topological polar surface area (TPSA) is 67.4 Å². The molecule has 1 fully saturated rings. The standard InChI is InChI=1S/C24H33FN4O3.HI/c1-26-24(27-11-4-14-32-21-7-5-18(25)6-8-21)28-19-9-12-29(13-10-19)20-15-22(30-2)17-23(16-20)31-3;/h5-8,15-17,19H,4,9-14H2,1-3H3,(H2,26,27,28);1H. The molecule has 33 heavy (non-hydrogen) atoms. The summed E-state index contributed by atoms with van der Waals surface area (Å²) in [6.45, 7) is 3.17. The average Bonchev–Trinajstić information content (AvgIpc) is 2.84. The summed E-state index contributed by atoms with van der Waals surface area (Å²) in [5.41, 5.74) is 1.11. The zero-order valence-electron chi connectivity index (χ0n) is 19.5. The Kier molecular flexibility index (Phi) is 11.4. The molecular weight excluding hydrogens is 538 g/mol. The van der Waals surface area contributed by atoms with Gasteiger partial charge in [-0.2, -0.15) is 0 Å². The van der Waals surface area contributed by atoms with Crippen LogP contribution in [0.1, 0.15) is 19.3 Å². The van der Waals surface area contributed by atoms with Crippen molar-refractivity contribution in [1.82, 2.24) is 10.6 Å². The summed E-state index contributed by atoms with van der Waals surface area (Å²) in [6, 6.07) is 12.4. The summed E-state index contributed by atoms with van der Waals surface area (Å²) >= 11 is 0. The number of guanidine groups is 1. The lowest BCUT2D eigenvalue weighted by atomic mass is 10.0. The maximum absolute atomic E-state index is 12.9. The van der Waals surface area contributed by atoms with E-state index < -0.39 is 0 Å². The molecule has 1 heterocycles. The fourth-order valence-corrected chi connectivity index (χ4v) is 3.64. The predicted molar refractivity (Wildman–Crippen MR) is 141 cm³/mol. The van der Waals surface area contributed by atoms with E-state index in [1.54, 1.807) is 33.4 Å². The number of nitrogens with one attached hydrogen (secondary N) is 2. The molecule has 0 aliphatic carbocycles. The first kappa shape index (κ1) is 26.8. The summed E-state index contributed by atoms with van der Waals surface area (Å²) in [7, 11) is 5.12. The average molecular weight is 572 g/mol. The minimum Gasteiger partial charge on any atom is -0.497 e. The summed E-state index contributed by atoms with van der Waals surface area (Å²) in [6.07, 6.45) is 2.83. The molecule has 0 amide bonds. The highest BCUT2D eigenvalue weighted by Crippen LogP contribution is 2.30. The molecule has 0 saturated carbocycles. The molecule has 2 N–H and O–H groups in total. The maximum atomic E-state index is 12.9. The van der Waals surface area contributed by atoms with Gasteiger partial charge in [-0.25, -0.2) is 4.39 Å². The Morgan fingerprint density at radius 2 is 1.67 bits per heavy atom. The highest BCUT2D eigenvalue weighted by molar-refractivity contribution is 14.0. The third-order valence-corrected chi connectivity index (χ3v) is 5.46. The molecule has 0 unspecified atom stereocenters. The van der Waals surface area contributed by atoms with Crippen LogP contribution in [0.4, 0.5) is 10.1 Å². The van der Waals surface area contributed by atoms with E-state index in [0.29, 0.717) is 18.4 Å². The van der Waals surface area contributed by atoms with Gasteiger partial charge in [0.2, 0.25) is 0 Å². The molecule has 0 aromatic heterocycles. The third kappa shape index (κ3) is 8.45. The largest absolute Gasteiger partial charge is 0.497 e. The predicted octanol–water partition coefficient (Wildman–Crippen LogP) is 4.06. The molecular formula is C24H34FIN4O3. The van der Waals surface area contributed by atoms with Crippen molar-refractivity contribution < 1.29 is 18.6 Å². The lowest BCUT2D eigenvalue weighted by Crippen LogP contribution is -2.49. The number of ether oxygens (including phenoxy) is 3. The lowest BCUT2D eigenvalue weighted by Gasteiger charge is -2.34. The first-order valence-electron chi connectivity index (χ1n) is 10.9. The molecule has 7 nitrogen and oxygen atoms in total. The van der Waals surface area contributed by atoms with Crippen molar-refractivity contribution in [2.75, 3.05) is 52.4 Å². The second kappa shape index (κ2) is 14.0. The fourth-order valence-electron chi connectivity index (χ4n) is 3.64.